The third kappa shape index (κ3) is 12.7. The van der Waals surface area contributed by atoms with Crippen molar-refractivity contribution in [3.05, 3.63) is 90.3 Å². The average Bonchev–Trinajstić information content (AvgIpc) is 4.30. The Hall–Kier alpha value is -3.64. The van der Waals surface area contributed by atoms with E-state index in [2.05, 4.69) is 128 Å². The van der Waals surface area contributed by atoms with Crippen LogP contribution in [0.15, 0.2) is 48.5 Å². The molecular formula is C64H80N4S6. The van der Waals surface area contributed by atoms with Crippen molar-refractivity contribution >= 4 is 115 Å². The Labute approximate surface area is 468 Å². The molecule has 7 heterocycles. The number of hydrogen-bond donors (Lipinski definition) is 0. The lowest BCUT2D eigenvalue weighted by molar-refractivity contribution is 0.449. The van der Waals surface area contributed by atoms with Crippen LogP contribution >= 0.6 is 68.8 Å². The third-order valence-electron chi connectivity index (χ3n) is 16.2. The molecule has 9 rings (SSSR count). The van der Waals surface area contributed by atoms with Crippen LogP contribution in [0.4, 0.5) is 0 Å². The minimum absolute atomic E-state index is 0.658. The van der Waals surface area contributed by atoms with E-state index in [4.69, 9.17) is 17.5 Å². The first-order valence-electron chi connectivity index (χ1n) is 28.7. The van der Waals surface area contributed by atoms with Crippen LogP contribution in [0.2, 0.25) is 0 Å². The van der Waals surface area contributed by atoms with Gasteiger partial charge in [-0.2, -0.15) is 17.5 Å². The molecule has 4 atom stereocenters. The summed E-state index contributed by atoms with van der Waals surface area (Å²) in [4.78, 5) is 10.7. The van der Waals surface area contributed by atoms with Gasteiger partial charge >= 0.3 is 0 Å². The molecule has 0 amide bonds. The first kappa shape index (κ1) is 55.1. The van der Waals surface area contributed by atoms with E-state index in [-0.39, 0.29) is 0 Å². The van der Waals surface area contributed by atoms with Gasteiger partial charge in [0, 0.05) is 61.3 Å². The molecule has 1 aliphatic heterocycles. The molecule has 74 heavy (non-hydrogen) atoms. The topological polar surface area (TPSA) is 51.6 Å². The first-order chi connectivity index (χ1) is 36.3. The van der Waals surface area contributed by atoms with E-state index in [1.54, 1.807) is 0 Å². The van der Waals surface area contributed by atoms with Gasteiger partial charge in [0.25, 0.3) is 0 Å². The molecular weight excluding hydrogens is 1020 g/mol. The molecule has 0 radical (unpaired) electrons. The van der Waals surface area contributed by atoms with Crippen molar-refractivity contribution in [2.75, 3.05) is 0 Å². The lowest BCUT2D eigenvalue weighted by atomic mass is 9.91. The minimum atomic E-state index is 0.658. The van der Waals surface area contributed by atoms with E-state index < -0.39 is 0 Å². The van der Waals surface area contributed by atoms with E-state index in [1.165, 1.54) is 210 Å². The van der Waals surface area contributed by atoms with Crippen LogP contribution in [0, 0.1) is 23.7 Å². The van der Waals surface area contributed by atoms with Crippen molar-refractivity contribution in [2.24, 2.45) is 23.7 Å². The van der Waals surface area contributed by atoms with Gasteiger partial charge in [0.15, 0.2) is 0 Å². The molecule has 8 aromatic rings. The molecule has 4 nitrogen and oxygen atoms in total. The number of unbranched alkanes of at least 4 members (excludes halogenated alkanes) is 4. The fourth-order valence-electron chi connectivity index (χ4n) is 11.4. The maximum Gasteiger partial charge on any atom is 0.114 e. The van der Waals surface area contributed by atoms with Crippen LogP contribution in [0.1, 0.15) is 200 Å². The molecule has 392 valence electrons. The lowest BCUT2D eigenvalue weighted by Crippen LogP contribution is -2.03. The highest BCUT2D eigenvalue weighted by atomic mass is 32.1. The second kappa shape index (κ2) is 26.6. The monoisotopic (exact) mass is 1100 g/mol. The smallest absolute Gasteiger partial charge is 0.114 e. The van der Waals surface area contributed by atoms with Crippen LogP contribution in [0.3, 0.4) is 0 Å². The summed E-state index contributed by atoms with van der Waals surface area (Å²) in [6.45, 7) is 18.9. The van der Waals surface area contributed by atoms with Crippen molar-refractivity contribution in [1.82, 2.24) is 17.5 Å². The normalized spacial score (nSPS) is 15.0. The summed E-state index contributed by atoms with van der Waals surface area (Å²) in [5.41, 5.74) is 14.8. The molecule has 6 aromatic heterocycles. The van der Waals surface area contributed by atoms with Crippen molar-refractivity contribution in [2.45, 2.75) is 184 Å². The van der Waals surface area contributed by atoms with Gasteiger partial charge in [-0.3, -0.25) is 0 Å². The quantitative estimate of drug-likeness (QED) is 0.0605. The molecule has 10 heteroatoms. The SMILES string of the molecule is CCCCC(CC)Cc1cc2sc1/C=C\c1sc(cc1CC(CC)CCCC)-c1ccc(c3nsnc13)-c1cc(CC(CC)CCCC)c(s1)/C=C\c1sc(cc1CC(CC)CCCC)-c1ccc-2c2nsnc12. The molecule has 1 aliphatic rings. The summed E-state index contributed by atoms with van der Waals surface area (Å²) in [5.74, 6) is 2.63. The summed E-state index contributed by atoms with van der Waals surface area (Å²) in [6.07, 6.45) is 34.2. The van der Waals surface area contributed by atoms with E-state index in [9.17, 15) is 0 Å². The zero-order valence-electron chi connectivity index (χ0n) is 45.6. The van der Waals surface area contributed by atoms with Crippen LogP contribution in [0.5, 0.6) is 0 Å². The molecule has 0 N–H and O–H groups in total. The standard InChI is InChI=1S/C64H80N4S6/c1-9-17-21-41(13-5)33-45-37-57-49-25-26-50(62-61(49)65-73-66-62)59-39-47(35-43(15-7)23-19-11-3)55(71-59)31-32-56-48(36-44(16-8)24-20-12-4)40-60(72-56)52-28-27-51(63-64(52)68-74-67-63)58-38-46(34-42(14-6)22-18-10-2)54(70-58)30-29-53(45)69-57/h25-32,37-44H,9-24,33-36H2,1-8H3/b30-29-,32-31-,53-29?,54-30?,55-31?,56-32?,57-49?,58-51?,59-50?,60-52?. The average molecular weight is 1100 g/mol. The predicted molar refractivity (Wildman–Crippen MR) is 334 cm³/mol. The fraction of sp³-hybridized carbons (Fsp3) is 0.500. The van der Waals surface area contributed by atoms with Gasteiger partial charge in [0.05, 0.1) is 23.5 Å². The number of thiophene rings is 4. The van der Waals surface area contributed by atoms with Gasteiger partial charge in [-0.15, -0.1) is 45.3 Å². The Bertz CT molecular complexity index is 2720. The zero-order valence-corrected chi connectivity index (χ0v) is 50.5. The number of rotatable bonds is 24. The largest absolute Gasteiger partial charge is 0.172 e. The maximum absolute atomic E-state index is 5.11. The molecule has 0 spiro atoms. The molecule has 2 aromatic carbocycles. The van der Waals surface area contributed by atoms with E-state index in [0.29, 0.717) is 23.7 Å². The molecule has 0 aliphatic carbocycles. The predicted octanol–water partition coefficient (Wildman–Crippen LogP) is 22.3. The van der Waals surface area contributed by atoms with E-state index >= 15 is 0 Å². The van der Waals surface area contributed by atoms with Crippen LogP contribution < -0.4 is 0 Å². The zero-order chi connectivity index (χ0) is 51.6. The summed E-state index contributed by atoms with van der Waals surface area (Å²) >= 11 is 10.5. The number of benzene rings is 2. The molecule has 0 saturated heterocycles. The molecule has 0 fully saturated rings. The summed E-state index contributed by atoms with van der Waals surface area (Å²) < 4.78 is 20.4. The van der Waals surface area contributed by atoms with Crippen LogP contribution in [-0.4, -0.2) is 17.5 Å². The van der Waals surface area contributed by atoms with Gasteiger partial charge in [-0.1, -0.05) is 182 Å². The maximum atomic E-state index is 5.11. The van der Waals surface area contributed by atoms with Crippen molar-refractivity contribution in [3.8, 4) is 41.8 Å². The van der Waals surface area contributed by atoms with Crippen molar-refractivity contribution in [3.63, 3.8) is 0 Å². The highest BCUT2D eigenvalue weighted by Crippen LogP contribution is 2.46. The second-order valence-electron chi connectivity index (χ2n) is 21.4. The van der Waals surface area contributed by atoms with Gasteiger partial charge in [0.1, 0.15) is 22.1 Å². The van der Waals surface area contributed by atoms with Crippen molar-refractivity contribution < 1.29 is 0 Å². The van der Waals surface area contributed by atoms with Crippen LogP contribution in [0.25, 0.3) is 88.1 Å². The highest BCUT2D eigenvalue weighted by Gasteiger charge is 2.24. The van der Waals surface area contributed by atoms with E-state index in [0.717, 1.165) is 47.8 Å². The molecule has 12 bridgehead atoms. The number of nitrogens with zero attached hydrogens (tertiary/aromatic N) is 4. The summed E-state index contributed by atoms with van der Waals surface area (Å²) in [5, 5.41) is 0. The van der Waals surface area contributed by atoms with Gasteiger partial charge in [-0.25, -0.2) is 0 Å². The number of fused-ring (bicyclic) bond motifs is 24. The van der Waals surface area contributed by atoms with Crippen molar-refractivity contribution in [1.29, 1.82) is 0 Å². The van der Waals surface area contributed by atoms with Gasteiger partial charge < -0.3 is 0 Å². The van der Waals surface area contributed by atoms with Gasteiger partial charge in [0.2, 0.25) is 0 Å². The Morgan fingerprint density at radius 3 is 0.770 bits per heavy atom. The lowest BCUT2D eigenvalue weighted by Gasteiger charge is -2.14. The summed E-state index contributed by atoms with van der Waals surface area (Å²) in [6, 6.07) is 19.5. The molecule has 0 saturated carbocycles. The first-order valence-corrected chi connectivity index (χ1v) is 33.4. The second-order valence-corrected chi connectivity index (χ2v) is 26.8. The number of hydrogen-bond acceptors (Lipinski definition) is 10. The fourth-order valence-corrected chi connectivity index (χ4v) is 17.0. The Balaban J connectivity index is 1.25. The van der Waals surface area contributed by atoms with Crippen LogP contribution in [-0.2, 0) is 25.7 Å². The van der Waals surface area contributed by atoms with Gasteiger partial charge in [-0.05, 0) is 120 Å². The minimum Gasteiger partial charge on any atom is -0.172 e. The Morgan fingerprint density at radius 2 is 0.568 bits per heavy atom. The highest BCUT2D eigenvalue weighted by molar-refractivity contribution is 7.18. The Morgan fingerprint density at radius 1 is 0.338 bits per heavy atom. The summed E-state index contributed by atoms with van der Waals surface area (Å²) in [7, 11) is 0. The molecule has 4 unspecified atom stereocenters. The number of aromatic nitrogens is 4. The van der Waals surface area contributed by atoms with E-state index in [1.807, 2.05) is 45.3 Å². The third-order valence-corrected chi connectivity index (χ3v) is 22.0. The Kier molecular flexibility index (Phi) is 19.8.